The van der Waals surface area contributed by atoms with Crippen LogP contribution in [-0.4, -0.2) is 16.4 Å². The third kappa shape index (κ3) is 3.15. The molecule has 2 amide bonds. The zero-order chi connectivity index (χ0) is 22.4. The number of hydrogen-bond acceptors (Lipinski definition) is 4. The highest BCUT2D eigenvalue weighted by Gasteiger charge is 2.34. The van der Waals surface area contributed by atoms with Crippen molar-refractivity contribution in [1.29, 1.82) is 5.26 Å². The molecule has 0 atom stereocenters. The predicted octanol–water partition coefficient (Wildman–Crippen LogP) is 4.37. The van der Waals surface area contributed by atoms with E-state index in [-0.39, 0.29) is 11.5 Å². The molecule has 3 heterocycles. The van der Waals surface area contributed by atoms with E-state index in [1.807, 2.05) is 38.1 Å². The van der Waals surface area contributed by atoms with E-state index in [4.69, 9.17) is 0 Å². The van der Waals surface area contributed by atoms with Crippen LogP contribution in [0.5, 0.6) is 0 Å². The molecule has 1 saturated heterocycles. The number of carbonyl (C=O) groups excluding carboxylic acids is 2. The third-order valence-electron chi connectivity index (χ3n) is 6.14. The van der Waals surface area contributed by atoms with Crippen molar-refractivity contribution in [2.24, 2.45) is 0 Å². The summed E-state index contributed by atoms with van der Waals surface area (Å²) >= 11 is 1.69. The van der Waals surface area contributed by atoms with Gasteiger partial charge >= 0.3 is 0 Å². The van der Waals surface area contributed by atoms with Gasteiger partial charge in [0.15, 0.2) is 0 Å². The second kappa shape index (κ2) is 7.81. The fraction of sp³-hybridized carbons (Fsp3) is 0.240. The number of para-hydroxylation sites is 1. The van der Waals surface area contributed by atoms with E-state index >= 15 is 0 Å². The molecule has 3 aromatic rings. The molecule has 0 unspecified atom stereocenters. The summed E-state index contributed by atoms with van der Waals surface area (Å²) in [5, 5.41) is 12.1. The van der Waals surface area contributed by atoms with Crippen molar-refractivity contribution in [2.75, 3.05) is 5.01 Å². The summed E-state index contributed by atoms with van der Waals surface area (Å²) < 4.78 is 2.08. The number of nitrogens with one attached hydrogen (secondary N) is 1. The van der Waals surface area contributed by atoms with Gasteiger partial charge in [-0.2, -0.15) is 5.26 Å². The molecule has 160 valence electrons. The molecule has 1 N–H and O–H groups in total. The van der Waals surface area contributed by atoms with Crippen LogP contribution in [0.1, 0.15) is 45.8 Å². The first kappa shape index (κ1) is 20.3. The lowest BCUT2D eigenvalue weighted by atomic mass is 9.96. The van der Waals surface area contributed by atoms with Gasteiger partial charge in [0.1, 0.15) is 16.6 Å². The second-order valence-corrected chi connectivity index (χ2v) is 9.22. The number of aromatic nitrogens is 1. The van der Waals surface area contributed by atoms with Crippen molar-refractivity contribution >= 4 is 34.9 Å². The first-order valence-corrected chi connectivity index (χ1v) is 11.5. The van der Waals surface area contributed by atoms with Crippen molar-refractivity contribution in [1.82, 2.24) is 9.99 Å². The minimum absolute atomic E-state index is 0.0973. The number of amides is 2. The number of carbonyl (C=O) groups is 2. The molecular weight excluding hydrogens is 420 g/mol. The van der Waals surface area contributed by atoms with E-state index in [2.05, 4.69) is 16.1 Å². The number of rotatable bonds is 3. The zero-order valence-electron chi connectivity index (χ0n) is 17.9. The topological polar surface area (TPSA) is 78.1 Å². The standard InChI is InChI=1S/C25H22N4O2S/c1-15-12-17(13-20-23(30)27-29(24(20)31)18-8-4-3-5-9-18)16(2)28(15)25-21(14-26)19-10-6-7-11-22(19)32-25/h3-5,8-9,12-13H,6-7,10-11H2,1-2H3,(H,27,30). The fourth-order valence-corrected chi connectivity index (χ4v) is 5.99. The zero-order valence-corrected chi connectivity index (χ0v) is 18.8. The molecule has 0 saturated carbocycles. The van der Waals surface area contributed by atoms with Crippen molar-refractivity contribution < 1.29 is 9.59 Å². The summed E-state index contributed by atoms with van der Waals surface area (Å²) in [6.07, 6.45) is 5.91. The maximum Gasteiger partial charge on any atom is 0.282 e. The SMILES string of the molecule is Cc1cc(C=C2C(=O)NN(c3ccccc3)C2=O)c(C)n1-c1sc2c(c1C#N)CCCC2. The van der Waals surface area contributed by atoms with Crippen LogP contribution in [0.3, 0.4) is 0 Å². The van der Waals surface area contributed by atoms with E-state index in [0.717, 1.165) is 53.2 Å². The predicted molar refractivity (Wildman–Crippen MR) is 125 cm³/mol. The maximum atomic E-state index is 13.0. The van der Waals surface area contributed by atoms with Gasteiger partial charge < -0.3 is 4.57 Å². The lowest BCUT2D eigenvalue weighted by Crippen LogP contribution is -2.35. The maximum absolute atomic E-state index is 13.0. The van der Waals surface area contributed by atoms with Gasteiger partial charge in [-0.3, -0.25) is 15.0 Å². The molecule has 7 heteroatoms. The second-order valence-electron chi connectivity index (χ2n) is 8.14. The number of nitrogens with zero attached hydrogens (tertiary/aromatic N) is 3. The van der Waals surface area contributed by atoms with Crippen molar-refractivity contribution in [2.45, 2.75) is 39.5 Å². The van der Waals surface area contributed by atoms with Gasteiger partial charge in [-0.1, -0.05) is 18.2 Å². The summed E-state index contributed by atoms with van der Waals surface area (Å²) in [5.41, 5.74) is 7.97. The summed E-state index contributed by atoms with van der Waals surface area (Å²) in [7, 11) is 0. The first-order chi connectivity index (χ1) is 15.5. The molecule has 5 rings (SSSR count). The summed E-state index contributed by atoms with van der Waals surface area (Å²) in [6, 6.07) is 13.4. The lowest BCUT2D eigenvalue weighted by Gasteiger charge is -2.13. The van der Waals surface area contributed by atoms with Crippen molar-refractivity contribution in [3.05, 3.63) is 74.9 Å². The molecule has 2 aliphatic rings. The lowest BCUT2D eigenvalue weighted by molar-refractivity contribution is -0.117. The van der Waals surface area contributed by atoms with Gasteiger partial charge in [0.2, 0.25) is 0 Å². The molecule has 1 aromatic carbocycles. The Morgan fingerprint density at radius 3 is 2.62 bits per heavy atom. The Morgan fingerprint density at radius 2 is 1.88 bits per heavy atom. The highest BCUT2D eigenvalue weighted by molar-refractivity contribution is 7.15. The van der Waals surface area contributed by atoms with Crippen LogP contribution >= 0.6 is 11.3 Å². The fourth-order valence-electron chi connectivity index (χ4n) is 4.54. The number of thiophene rings is 1. The monoisotopic (exact) mass is 442 g/mol. The van der Waals surface area contributed by atoms with E-state index in [1.54, 1.807) is 29.5 Å². The number of aryl methyl sites for hydroxylation is 2. The molecule has 0 spiro atoms. The molecular formula is C25H22N4O2S. The first-order valence-electron chi connectivity index (χ1n) is 10.7. The molecule has 1 aliphatic carbocycles. The summed E-state index contributed by atoms with van der Waals surface area (Å²) in [6.45, 7) is 3.95. The van der Waals surface area contributed by atoms with Crippen molar-refractivity contribution in [3.8, 4) is 11.1 Å². The molecule has 6 nitrogen and oxygen atoms in total. The van der Waals surface area contributed by atoms with Crippen LogP contribution in [0, 0.1) is 25.2 Å². The number of hydrogen-bond donors (Lipinski definition) is 1. The van der Waals surface area contributed by atoms with E-state index < -0.39 is 5.91 Å². The highest BCUT2D eigenvalue weighted by Crippen LogP contribution is 2.38. The molecule has 0 bridgehead atoms. The summed E-state index contributed by atoms with van der Waals surface area (Å²) in [5.74, 6) is -0.803. The quantitative estimate of drug-likeness (QED) is 0.483. The van der Waals surface area contributed by atoms with Crippen LogP contribution in [0.2, 0.25) is 0 Å². The van der Waals surface area contributed by atoms with E-state index in [0.29, 0.717) is 5.69 Å². The number of hydrazine groups is 1. The van der Waals surface area contributed by atoms with E-state index in [1.165, 1.54) is 15.4 Å². The number of anilines is 1. The average Bonchev–Trinajstić information content (AvgIpc) is 3.40. The molecule has 1 aliphatic heterocycles. The van der Waals surface area contributed by atoms with Crippen molar-refractivity contribution in [3.63, 3.8) is 0 Å². The Bertz CT molecular complexity index is 1320. The largest absolute Gasteiger partial charge is 0.308 e. The highest BCUT2D eigenvalue weighted by atomic mass is 32.1. The normalized spacial score (nSPS) is 16.9. The van der Waals surface area contributed by atoms with E-state index in [9.17, 15) is 14.9 Å². The minimum Gasteiger partial charge on any atom is -0.308 e. The van der Waals surface area contributed by atoms with Gasteiger partial charge in [0.05, 0.1) is 11.3 Å². The number of benzene rings is 1. The minimum atomic E-state index is -0.423. The molecule has 0 radical (unpaired) electrons. The molecule has 32 heavy (non-hydrogen) atoms. The van der Waals surface area contributed by atoms with Gasteiger partial charge in [-0.25, -0.2) is 5.01 Å². The van der Waals surface area contributed by atoms with Crippen LogP contribution in [0.25, 0.3) is 11.1 Å². The summed E-state index contributed by atoms with van der Waals surface area (Å²) in [4.78, 5) is 26.8. The van der Waals surface area contributed by atoms with Crippen LogP contribution in [0.4, 0.5) is 5.69 Å². The Balaban J connectivity index is 1.55. The van der Waals surface area contributed by atoms with Gasteiger partial charge in [0, 0.05) is 16.3 Å². The Morgan fingerprint density at radius 1 is 1.12 bits per heavy atom. The third-order valence-corrected chi connectivity index (χ3v) is 7.42. The molecule has 2 aromatic heterocycles. The Labute approximate surface area is 190 Å². The van der Waals surface area contributed by atoms with Crippen LogP contribution < -0.4 is 10.4 Å². The van der Waals surface area contributed by atoms with Gasteiger partial charge in [-0.05, 0) is 74.9 Å². The Kier molecular flexibility index (Phi) is 4.95. The van der Waals surface area contributed by atoms with Gasteiger partial charge in [-0.15, -0.1) is 11.3 Å². The average molecular weight is 443 g/mol. The van der Waals surface area contributed by atoms with Crippen LogP contribution in [0.15, 0.2) is 42.0 Å². The van der Waals surface area contributed by atoms with Crippen LogP contribution in [-0.2, 0) is 22.4 Å². The smallest absolute Gasteiger partial charge is 0.282 e. The molecule has 1 fully saturated rings. The Hall–Kier alpha value is -3.63. The number of fused-ring (bicyclic) bond motifs is 1. The number of nitriles is 1. The van der Waals surface area contributed by atoms with Gasteiger partial charge in [0.25, 0.3) is 11.8 Å².